The zero-order valence-electron chi connectivity index (χ0n) is 38.4. The number of aromatic hydroxyl groups is 1. The maximum absolute atomic E-state index is 12.9. The number of anilines is 5. The van der Waals surface area contributed by atoms with Gasteiger partial charge in [-0.1, -0.05) is 0 Å². The second-order valence-electron chi connectivity index (χ2n) is 15.2. The van der Waals surface area contributed by atoms with Gasteiger partial charge in [0.25, 0.3) is 40.5 Å². The Morgan fingerprint density at radius 3 is 1.43 bits per heavy atom. The number of nitrogens with one attached hydrogen (secondary N) is 2. The number of azo groups is 2. The Morgan fingerprint density at radius 1 is 0.506 bits per heavy atom. The summed E-state index contributed by atoms with van der Waals surface area (Å²) in [5.41, 5.74) is -3.92. The number of phenolic OH excluding ortho intramolecular Hbond substituents is 1. The van der Waals surface area contributed by atoms with E-state index in [9.17, 15) is 90.7 Å². The van der Waals surface area contributed by atoms with Crippen LogP contribution in [0.3, 0.4) is 0 Å². The molecule has 6 rings (SSSR count). The largest absolute Gasteiger partial charge is 0.505 e. The quantitative estimate of drug-likeness (QED) is 0.0291. The minimum atomic E-state index is -5.62. The summed E-state index contributed by atoms with van der Waals surface area (Å²) >= 11 is 6.08. The number of sulfone groups is 2. The van der Waals surface area contributed by atoms with Gasteiger partial charge in [0.15, 0.2) is 16.6 Å². The van der Waals surface area contributed by atoms with E-state index in [-0.39, 0.29) is 23.4 Å². The van der Waals surface area contributed by atoms with Crippen LogP contribution in [-0.2, 0) is 89.3 Å². The number of phenols is 1. The fourth-order valence-electron chi connectivity index (χ4n) is 6.44. The van der Waals surface area contributed by atoms with Gasteiger partial charge < -0.3 is 21.5 Å². The number of aromatic nitrogens is 3. The molecule has 5 aromatic carbocycles. The van der Waals surface area contributed by atoms with Gasteiger partial charge >= 0.3 is 20.8 Å². The number of nitrogen functional groups attached to an aromatic ring is 1. The zero-order chi connectivity index (χ0) is 59.4. The van der Waals surface area contributed by atoms with E-state index < -0.39 is 177 Å². The lowest BCUT2D eigenvalue weighted by Gasteiger charge is -2.14. The Balaban J connectivity index is 1.42. The van der Waals surface area contributed by atoms with Gasteiger partial charge in [-0.05, 0) is 104 Å². The van der Waals surface area contributed by atoms with Gasteiger partial charge in [0, 0.05) is 11.4 Å². The molecule has 0 saturated carbocycles. The number of nitrogens with zero attached hydrogens (tertiary/aromatic N) is 7. The number of rotatable bonds is 20. The first-order valence-electron chi connectivity index (χ1n) is 20.0. The zero-order valence-corrected chi connectivity index (χ0v) is 45.7. The topological polar surface area (TPSA) is 571 Å². The molecule has 0 aliphatic heterocycles. The number of fused-ring (bicyclic) bond motifs is 1. The molecule has 2 unspecified atom stereocenters. The van der Waals surface area contributed by atoms with E-state index in [1.165, 1.54) is 12.1 Å². The van der Waals surface area contributed by atoms with Crippen LogP contribution in [0.15, 0.2) is 123 Å². The number of nitrogens with two attached hydrogens (primary N) is 1. The molecule has 426 valence electrons. The van der Waals surface area contributed by atoms with Crippen molar-refractivity contribution in [3.63, 3.8) is 0 Å². The van der Waals surface area contributed by atoms with Gasteiger partial charge in [-0.25, -0.2) is 25.2 Å². The molecule has 35 nitrogen and oxygen atoms in total. The van der Waals surface area contributed by atoms with Gasteiger partial charge in [0.05, 0.1) is 20.9 Å². The van der Waals surface area contributed by atoms with Crippen molar-refractivity contribution in [3.8, 4) is 5.75 Å². The van der Waals surface area contributed by atoms with Crippen LogP contribution in [0.25, 0.3) is 10.8 Å². The summed E-state index contributed by atoms with van der Waals surface area (Å²) in [4.78, 5) is 5.00. The first-order chi connectivity index (χ1) is 36.0. The average Bonchev–Trinajstić information content (AvgIpc) is 3.41. The highest BCUT2D eigenvalue weighted by atomic mass is 35.5. The van der Waals surface area contributed by atoms with Gasteiger partial charge in [0.1, 0.15) is 42.3 Å². The summed E-state index contributed by atoms with van der Waals surface area (Å²) in [6.45, 7) is 1.46. The Hall–Kier alpha value is -6.66. The fraction of sp³-hybridized carbons (Fsp3) is 0.114. The molecule has 0 fully saturated rings. The normalized spacial score (nSPS) is 14.2. The molecular formula is C35H31ClN10O25S8. The molecule has 6 aromatic rings. The molecule has 0 aliphatic carbocycles. The standard InChI is InChI=1S/C35H31ClN10O25S8/c1-15(70-78(64,65)66)72(48,49)20-6-3-18(4-7-20)38-34-40-33(36)41-35(42-34)39-19-5-10-24(74(52,53)54)23(13-19)44-46-31-27(77(61,62)63)12-17-11-26(76(58,59)60)30(29(37)28(17)32(31)47)45-43-22-9-8-21(14-25(22)75(55,56)57)73(50,51)16(2)71-79(67,68)69/h3-16,47H,37H2,1-2H3,(H,52,53,54)(H,55,56,57)(H,58,59,60)(H,61,62,63)(H,64,65,66)(H,67,68,69)(H2,38,39,40,41,42)/b45-43+,46-44+. The number of hydrogen-bond donors (Lipinski definition) is 10. The number of hydrogen-bond acceptors (Lipinski definition) is 29. The number of benzene rings is 5. The minimum absolute atomic E-state index is 0.0951. The fourth-order valence-corrected chi connectivity index (χ4v) is 13.2. The van der Waals surface area contributed by atoms with E-state index in [1.807, 2.05) is 0 Å². The van der Waals surface area contributed by atoms with Crippen LogP contribution in [-0.4, -0.2) is 126 Å². The van der Waals surface area contributed by atoms with E-state index in [1.54, 1.807) is 0 Å². The minimum Gasteiger partial charge on any atom is -0.505 e. The molecule has 0 saturated heterocycles. The molecule has 2 atom stereocenters. The van der Waals surface area contributed by atoms with Crippen molar-refractivity contribution in [2.45, 2.75) is 54.1 Å². The van der Waals surface area contributed by atoms with Gasteiger partial charge in [-0.2, -0.15) is 65.5 Å². The first-order valence-corrected chi connectivity index (χ1v) is 31.9. The molecule has 0 radical (unpaired) electrons. The summed E-state index contributed by atoms with van der Waals surface area (Å²) in [6.07, 6.45) is 0. The van der Waals surface area contributed by atoms with Crippen LogP contribution >= 0.6 is 11.6 Å². The van der Waals surface area contributed by atoms with Crippen molar-refractivity contribution in [2.24, 2.45) is 20.5 Å². The summed E-state index contributed by atoms with van der Waals surface area (Å²) < 4.78 is 263. The smallest absolute Gasteiger partial charge is 0.398 e. The van der Waals surface area contributed by atoms with Crippen molar-refractivity contribution in [3.05, 3.63) is 78.1 Å². The van der Waals surface area contributed by atoms with E-state index in [0.29, 0.717) is 37.3 Å². The molecule has 0 bridgehead atoms. The molecule has 0 spiro atoms. The predicted molar refractivity (Wildman–Crippen MR) is 267 cm³/mol. The van der Waals surface area contributed by atoms with Gasteiger partial charge in [0.2, 0.25) is 36.9 Å². The lowest BCUT2D eigenvalue weighted by molar-refractivity contribution is 0.250. The van der Waals surface area contributed by atoms with Crippen molar-refractivity contribution in [1.29, 1.82) is 0 Å². The Bertz CT molecular complexity index is 4540. The molecule has 0 amide bonds. The highest BCUT2D eigenvalue weighted by Crippen LogP contribution is 2.49. The van der Waals surface area contributed by atoms with Crippen LogP contribution in [0.4, 0.5) is 51.7 Å². The SMILES string of the molecule is CC(OS(=O)(=O)O)S(=O)(=O)c1ccc(Nc2nc(Cl)nc(Nc3ccc(S(=O)(=O)O)c(/N=N/c4c(S(=O)(=O)O)cc5cc(S(=O)(=O)O)c(/N=N/c6ccc(S(=O)(=O)C(C)OS(=O)(=O)O)cc6S(=O)(=O)O)c(N)c5c4O)c3)n2)cc1. The van der Waals surface area contributed by atoms with Crippen LogP contribution in [0.1, 0.15) is 13.8 Å². The van der Waals surface area contributed by atoms with E-state index >= 15 is 0 Å². The third-order valence-corrected chi connectivity index (χ3v) is 18.6. The number of halogens is 1. The Morgan fingerprint density at radius 2 is 0.937 bits per heavy atom. The first kappa shape index (κ1) is 61.6. The molecule has 11 N–H and O–H groups in total. The molecule has 1 heterocycles. The van der Waals surface area contributed by atoms with E-state index in [2.05, 4.69) is 54.4 Å². The van der Waals surface area contributed by atoms with Crippen LogP contribution in [0.5, 0.6) is 5.75 Å². The van der Waals surface area contributed by atoms with Crippen LogP contribution in [0, 0.1) is 0 Å². The van der Waals surface area contributed by atoms with E-state index in [4.69, 9.17) is 26.4 Å². The third-order valence-electron chi connectivity index (χ3n) is 9.85. The lowest BCUT2D eigenvalue weighted by atomic mass is 10.1. The lowest BCUT2D eigenvalue weighted by Crippen LogP contribution is -2.24. The maximum Gasteiger partial charge on any atom is 0.398 e. The molecule has 79 heavy (non-hydrogen) atoms. The summed E-state index contributed by atoms with van der Waals surface area (Å²) in [7, 11) is -42.1. The van der Waals surface area contributed by atoms with Crippen molar-refractivity contribution in [1.82, 2.24) is 15.0 Å². The maximum atomic E-state index is 12.9. The van der Waals surface area contributed by atoms with Crippen LogP contribution in [0.2, 0.25) is 5.28 Å². The third kappa shape index (κ3) is 14.6. The molecule has 44 heteroatoms. The van der Waals surface area contributed by atoms with E-state index in [0.717, 1.165) is 31.2 Å². The Kier molecular flexibility index (Phi) is 17.0. The van der Waals surface area contributed by atoms with Gasteiger partial charge in [-0.15, -0.1) is 20.5 Å². The van der Waals surface area contributed by atoms with Crippen molar-refractivity contribution in [2.75, 3.05) is 16.4 Å². The average molecular weight is 1280 g/mol. The van der Waals surface area contributed by atoms with Crippen molar-refractivity contribution >= 4 is 155 Å². The second kappa shape index (κ2) is 21.8. The predicted octanol–water partition coefficient (Wildman–Crippen LogP) is 4.15. The second-order valence-corrected chi connectivity index (χ2v) is 27.7. The highest BCUT2D eigenvalue weighted by molar-refractivity contribution is 7.93. The summed E-state index contributed by atoms with van der Waals surface area (Å²) in [6, 6.07) is 8.94. The molecule has 1 aromatic heterocycles. The highest BCUT2D eigenvalue weighted by Gasteiger charge is 2.33. The monoisotopic (exact) mass is 1280 g/mol. The molecular weight excluding hydrogens is 1250 g/mol. The molecule has 0 aliphatic rings. The summed E-state index contributed by atoms with van der Waals surface area (Å²) in [5, 5.41) is 28.9. The van der Waals surface area contributed by atoms with Crippen LogP contribution < -0.4 is 16.4 Å². The van der Waals surface area contributed by atoms with Gasteiger partial charge in [-0.3, -0.25) is 27.3 Å². The Labute approximate surface area is 450 Å². The summed E-state index contributed by atoms with van der Waals surface area (Å²) in [5.74, 6) is -2.20. The van der Waals surface area contributed by atoms with Crippen molar-refractivity contribution < 1.29 is 108 Å².